The molecule has 1 aromatic carbocycles. The van der Waals surface area contributed by atoms with E-state index in [1.165, 1.54) is 0 Å². The number of hydrogen-bond acceptors (Lipinski definition) is 5. The molecule has 5 rings (SSSR count). The van der Waals surface area contributed by atoms with Crippen molar-refractivity contribution in [1.29, 1.82) is 5.26 Å². The van der Waals surface area contributed by atoms with Crippen molar-refractivity contribution < 1.29 is 28.9 Å². The number of hydrogen-bond donors (Lipinski definition) is 0. The van der Waals surface area contributed by atoms with Crippen LogP contribution in [0, 0.1) is 29.5 Å². The normalized spacial score (nSPS) is 9.45. The molecule has 4 heterocycles. The first kappa shape index (κ1) is 25.2. The molecule has 33 heavy (non-hydrogen) atoms. The largest absolute Gasteiger partial charge is 0.512 e. The van der Waals surface area contributed by atoms with E-state index < -0.39 is 11.6 Å². The van der Waals surface area contributed by atoms with Gasteiger partial charge >= 0.3 is 0 Å². The van der Waals surface area contributed by atoms with Crippen molar-refractivity contribution in [1.82, 2.24) is 29.5 Å². The Kier molecular flexibility index (Phi) is 9.71. The second-order valence-electron chi connectivity index (χ2n) is 6.01. The summed E-state index contributed by atoms with van der Waals surface area (Å²) in [6, 6.07) is 19.0. The van der Waals surface area contributed by atoms with Crippen LogP contribution in [-0.4, -0.2) is 29.5 Å². The van der Waals surface area contributed by atoms with E-state index in [1.807, 2.05) is 42.7 Å². The molecule has 0 aliphatic rings. The van der Waals surface area contributed by atoms with Crippen LogP contribution < -0.4 is 0 Å². The van der Waals surface area contributed by atoms with E-state index in [1.54, 1.807) is 46.2 Å². The Hall–Kier alpha value is -4.06. The smallest absolute Gasteiger partial charge is 0.155 e. The van der Waals surface area contributed by atoms with E-state index in [9.17, 15) is 8.78 Å². The van der Waals surface area contributed by atoms with Crippen LogP contribution in [0.4, 0.5) is 8.78 Å². The molecule has 4 aromatic heterocycles. The third-order valence-corrected chi connectivity index (χ3v) is 3.98. The van der Waals surface area contributed by atoms with Gasteiger partial charge < -0.3 is 16.8 Å². The fraction of sp³-hybridized carbons (Fsp3) is 0. The zero-order valence-corrected chi connectivity index (χ0v) is 19.3. The van der Waals surface area contributed by atoms with Crippen LogP contribution >= 0.6 is 0 Å². The molecule has 0 amide bonds. The van der Waals surface area contributed by atoms with Gasteiger partial charge in [-0.1, -0.05) is 29.8 Å². The van der Waals surface area contributed by atoms with Gasteiger partial charge in [0, 0.05) is 62.7 Å². The minimum absolute atomic E-state index is 0. The van der Waals surface area contributed by atoms with E-state index in [0.29, 0.717) is 5.69 Å². The van der Waals surface area contributed by atoms with Gasteiger partial charge in [-0.05, 0) is 36.0 Å². The summed E-state index contributed by atoms with van der Waals surface area (Å²) in [6.07, 6.45) is 8.71. The predicted molar refractivity (Wildman–Crippen MR) is 112 cm³/mol. The molecule has 0 saturated heterocycles. The van der Waals surface area contributed by atoms with Crippen molar-refractivity contribution in [2.75, 3.05) is 0 Å². The average Bonchev–Trinajstić information content (AvgIpc) is 3.56. The summed E-state index contributed by atoms with van der Waals surface area (Å²) in [6.45, 7) is 4.75. The molecule has 5 aromatic rings. The van der Waals surface area contributed by atoms with Gasteiger partial charge in [0.1, 0.15) is 0 Å². The molecule has 0 bridgehead atoms. The fourth-order valence-corrected chi connectivity index (χ4v) is 2.63. The first-order chi connectivity index (χ1) is 15.7. The summed E-state index contributed by atoms with van der Waals surface area (Å²) in [5.41, 5.74) is 0.636. The molecule has 1 radical (unpaired) electrons. The quantitative estimate of drug-likeness (QED) is 0.280. The fourth-order valence-electron chi connectivity index (χ4n) is 2.63. The number of nitrogens with zero attached hydrogens (tertiary/aromatic N) is 7. The summed E-state index contributed by atoms with van der Waals surface area (Å²) < 4.78 is 29.2. The standard InChI is InChI=1S/C11H6F2N.C11H9N5.CN.Ir/c12-8-4-5-9(10(13)7-8)11-3-1-2-6-14-11;1-4-10(15-8-2-6-12-15)14-11(5-1)16-9-3-7-13-16;1-2;/h1-4,6-7H;1-9H;;/q-1;;-1;. The van der Waals surface area contributed by atoms with Crippen molar-refractivity contribution in [3.05, 3.63) is 116 Å². The van der Waals surface area contributed by atoms with Crippen LogP contribution in [-0.2, 0) is 20.1 Å². The minimum atomic E-state index is -0.649. The Bertz CT molecular complexity index is 1210. The van der Waals surface area contributed by atoms with Crippen LogP contribution in [0.1, 0.15) is 0 Å². The Balaban J connectivity index is 0.000000213. The first-order valence-corrected chi connectivity index (χ1v) is 9.18. The monoisotopic (exact) mass is 620 g/mol. The summed E-state index contributed by atoms with van der Waals surface area (Å²) in [7, 11) is 0. The Morgan fingerprint density at radius 2 is 1.45 bits per heavy atom. The topological polar surface area (TPSA) is 85.2 Å². The number of aromatic nitrogens is 6. The maximum atomic E-state index is 13.2. The van der Waals surface area contributed by atoms with Gasteiger partial charge in [-0.15, -0.1) is 12.1 Å². The SMILES string of the molecule is Fc1c[c-]c(-c2ccccn2)c(F)c1.[C-]#N.[Ir].c1cc(-n2cccn2)nc(-n2cccn2)c1. The summed E-state index contributed by atoms with van der Waals surface area (Å²) in [5.74, 6) is 0.266. The molecule has 10 heteroatoms. The Morgan fingerprint density at radius 1 is 0.818 bits per heavy atom. The molecule has 0 aliphatic carbocycles. The first-order valence-electron chi connectivity index (χ1n) is 9.18. The molecule has 7 nitrogen and oxygen atoms in total. The van der Waals surface area contributed by atoms with Crippen LogP contribution in [0.2, 0.25) is 0 Å². The third-order valence-electron chi connectivity index (χ3n) is 3.98. The average molecular weight is 620 g/mol. The molecule has 0 aliphatic heterocycles. The predicted octanol–water partition coefficient (Wildman–Crippen LogP) is 4.37. The third kappa shape index (κ3) is 6.71. The van der Waals surface area contributed by atoms with E-state index in [4.69, 9.17) is 11.8 Å². The number of benzene rings is 1. The summed E-state index contributed by atoms with van der Waals surface area (Å²) in [5, 5.41) is 14.5. The van der Waals surface area contributed by atoms with Gasteiger partial charge in [0.15, 0.2) is 11.6 Å². The number of halogens is 2. The van der Waals surface area contributed by atoms with Crippen LogP contribution in [0.15, 0.2) is 91.6 Å². The van der Waals surface area contributed by atoms with E-state index in [0.717, 1.165) is 23.8 Å². The molecule has 0 unspecified atom stereocenters. The molecule has 0 N–H and O–H groups in total. The molecule has 0 atom stereocenters. The zero-order valence-electron chi connectivity index (χ0n) is 16.9. The molecule has 0 spiro atoms. The molecular weight excluding hydrogens is 605 g/mol. The summed E-state index contributed by atoms with van der Waals surface area (Å²) in [4.78, 5) is 8.40. The maximum absolute atomic E-state index is 13.2. The summed E-state index contributed by atoms with van der Waals surface area (Å²) >= 11 is 0. The number of pyridine rings is 2. The maximum Gasteiger partial charge on any atom is 0.155 e. The van der Waals surface area contributed by atoms with Gasteiger partial charge in [0.05, 0.1) is 0 Å². The molecule has 0 fully saturated rings. The van der Waals surface area contributed by atoms with Crippen molar-refractivity contribution in [3.63, 3.8) is 0 Å². The van der Waals surface area contributed by atoms with Gasteiger partial charge in [-0.25, -0.2) is 14.3 Å². The second-order valence-corrected chi connectivity index (χ2v) is 6.01. The zero-order chi connectivity index (χ0) is 22.8. The van der Waals surface area contributed by atoms with Gasteiger partial charge in [-0.2, -0.15) is 10.2 Å². The molecule has 167 valence electrons. The van der Waals surface area contributed by atoms with Gasteiger partial charge in [0.2, 0.25) is 0 Å². The van der Waals surface area contributed by atoms with E-state index in [-0.39, 0.29) is 25.7 Å². The van der Waals surface area contributed by atoms with Gasteiger partial charge in [-0.3, -0.25) is 8.78 Å². The number of rotatable bonds is 3. The van der Waals surface area contributed by atoms with Crippen molar-refractivity contribution in [2.45, 2.75) is 0 Å². The van der Waals surface area contributed by atoms with E-state index in [2.05, 4.69) is 26.2 Å². The van der Waals surface area contributed by atoms with Crippen LogP contribution in [0.3, 0.4) is 0 Å². The second kappa shape index (κ2) is 12.7. The van der Waals surface area contributed by atoms with Gasteiger partial charge in [0.25, 0.3) is 0 Å². The minimum Gasteiger partial charge on any atom is -0.512 e. The molecular formula is C23H15F2IrN7-2. The Morgan fingerprint density at radius 3 is 1.94 bits per heavy atom. The van der Waals surface area contributed by atoms with Crippen molar-refractivity contribution >= 4 is 0 Å². The van der Waals surface area contributed by atoms with E-state index >= 15 is 0 Å². The van der Waals surface area contributed by atoms with Crippen molar-refractivity contribution in [2.24, 2.45) is 0 Å². The van der Waals surface area contributed by atoms with Crippen LogP contribution in [0.5, 0.6) is 0 Å². The van der Waals surface area contributed by atoms with Crippen LogP contribution in [0.25, 0.3) is 22.9 Å². The molecule has 0 saturated carbocycles. The van der Waals surface area contributed by atoms with Crippen molar-refractivity contribution in [3.8, 4) is 22.9 Å². The Labute approximate surface area is 202 Å².